The van der Waals surface area contributed by atoms with Crippen molar-refractivity contribution in [3.05, 3.63) is 34.3 Å². The molecule has 0 radical (unpaired) electrons. The van der Waals surface area contributed by atoms with Gasteiger partial charge in [0.1, 0.15) is 0 Å². The quantitative estimate of drug-likeness (QED) is 0.873. The maximum absolute atomic E-state index is 12.4. The first kappa shape index (κ1) is 17.0. The van der Waals surface area contributed by atoms with Crippen LogP contribution >= 0.6 is 15.9 Å². The molecular weight excluding hydrogens is 344 g/mol. The van der Waals surface area contributed by atoms with E-state index >= 15 is 0 Å². The van der Waals surface area contributed by atoms with Gasteiger partial charge in [0.15, 0.2) is 0 Å². The van der Waals surface area contributed by atoms with Gasteiger partial charge in [-0.05, 0) is 37.1 Å². The molecule has 1 saturated heterocycles. The van der Waals surface area contributed by atoms with Gasteiger partial charge in [-0.15, -0.1) is 0 Å². The molecule has 2 amide bonds. The molecule has 5 heteroatoms. The zero-order chi connectivity index (χ0) is 16.3. The van der Waals surface area contributed by atoms with E-state index in [1.165, 1.54) is 0 Å². The van der Waals surface area contributed by atoms with E-state index in [0.29, 0.717) is 18.7 Å². The highest BCUT2D eigenvalue weighted by Crippen LogP contribution is 2.18. The van der Waals surface area contributed by atoms with Crippen LogP contribution in [0.3, 0.4) is 0 Å². The first-order chi connectivity index (χ1) is 10.3. The van der Waals surface area contributed by atoms with Gasteiger partial charge in [0.2, 0.25) is 5.91 Å². The third-order valence-electron chi connectivity index (χ3n) is 3.89. The summed E-state index contributed by atoms with van der Waals surface area (Å²) in [4.78, 5) is 26.3. The molecule has 1 aromatic rings. The average molecular weight is 367 g/mol. The molecule has 22 heavy (non-hydrogen) atoms. The number of likely N-dealkylation sites (tertiary alicyclic amines) is 1. The lowest BCUT2D eigenvalue weighted by Gasteiger charge is -2.33. The number of benzene rings is 1. The molecule has 0 aliphatic carbocycles. The van der Waals surface area contributed by atoms with Gasteiger partial charge >= 0.3 is 0 Å². The molecule has 1 aliphatic rings. The minimum absolute atomic E-state index is 0.0631. The van der Waals surface area contributed by atoms with E-state index in [1.54, 1.807) is 0 Å². The van der Waals surface area contributed by atoms with E-state index in [0.717, 1.165) is 17.3 Å². The van der Waals surface area contributed by atoms with Crippen LogP contribution in [0.4, 0.5) is 0 Å². The van der Waals surface area contributed by atoms with Crippen molar-refractivity contribution in [2.24, 2.45) is 5.41 Å². The molecular formula is C17H23BrN2O2. The average Bonchev–Trinajstić information content (AvgIpc) is 2.47. The minimum atomic E-state index is -0.371. The summed E-state index contributed by atoms with van der Waals surface area (Å²) in [6, 6.07) is 7.59. The zero-order valence-corrected chi connectivity index (χ0v) is 14.9. The van der Waals surface area contributed by atoms with Gasteiger partial charge in [-0.1, -0.05) is 36.7 Å². The van der Waals surface area contributed by atoms with Crippen LogP contribution in [0.5, 0.6) is 0 Å². The molecule has 1 fully saturated rings. The van der Waals surface area contributed by atoms with E-state index in [1.807, 2.05) is 49.9 Å². The van der Waals surface area contributed by atoms with Crippen LogP contribution in [-0.4, -0.2) is 35.8 Å². The Morgan fingerprint density at radius 2 is 1.68 bits per heavy atom. The van der Waals surface area contributed by atoms with Gasteiger partial charge in [0, 0.05) is 34.6 Å². The van der Waals surface area contributed by atoms with E-state index in [-0.39, 0.29) is 23.3 Å². The fourth-order valence-corrected chi connectivity index (χ4v) is 2.67. The number of amides is 2. The van der Waals surface area contributed by atoms with Crippen molar-refractivity contribution in [3.8, 4) is 0 Å². The van der Waals surface area contributed by atoms with Crippen molar-refractivity contribution in [2.45, 2.75) is 39.7 Å². The van der Waals surface area contributed by atoms with Crippen molar-refractivity contribution in [3.63, 3.8) is 0 Å². The largest absolute Gasteiger partial charge is 0.353 e. The highest BCUT2D eigenvalue weighted by Gasteiger charge is 2.28. The summed E-state index contributed by atoms with van der Waals surface area (Å²) < 4.78 is 0.965. The van der Waals surface area contributed by atoms with Gasteiger partial charge in [0.25, 0.3) is 5.91 Å². The molecule has 120 valence electrons. The predicted molar refractivity (Wildman–Crippen MR) is 90.7 cm³/mol. The Kier molecular flexibility index (Phi) is 5.27. The lowest BCUT2D eigenvalue weighted by atomic mass is 9.94. The van der Waals surface area contributed by atoms with E-state index in [2.05, 4.69) is 21.2 Å². The summed E-state index contributed by atoms with van der Waals surface area (Å²) in [5, 5.41) is 3.08. The molecule has 0 bridgehead atoms. The zero-order valence-electron chi connectivity index (χ0n) is 13.4. The number of hydrogen-bond donors (Lipinski definition) is 1. The van der Waals surface area contributed by atoms with Gasteiger partial charge < -0.3 is 10.2 Å². The second-order valence-corrected chi connectivity index (χ2v) is 7.71. The molecule has 2 rings (SSSR count). The number of halogens is 1. The minimum Gasteiger partial charge on any atom is -0.353 e. The van der Waals surface area contributed by atoms with Crippen LogP contribution in [0.2, 0.25) is 0 Å². The maximum atomic E-state index is 12.4. The van der Waals surface area contributed by atoms with Crippen LogP contribution in [0.15, 0.2) is 28.7 Å². The number of carbonyl (C=O) groups is 2. The summed E-state index contributed by atoms with van der Waals surface area (Å²) in [6.07, 6.45) is 1.62. The molecule has 1 N–H and O–H groups in total. The molecule has 0 atom stereocenters. The monoisotopic (exact) mass is 366 g/mol. The van der Waals surface area contributed by atoms with Crippen LogP contribution in [0.25, 0.3) is 0 Å². The van der Waals surface area contributed by atoms with Crippen LogP contribution in [0, 0.1) is 5.41 Å². The molecule has 0 aromatic heterocycles. The molecule has 1 aromatic carbocycles. The summed E-state index contributed by atoms with van der Waals surface area (Å²) in [5.74, 6) is 0.137. The molecule has 1 heterocycles. The third-order valence-corrected chi connectivity index (χ3v) is 4.42. The SMILES string of the molecule is CC(C)(C)C(=O)NC1CCN(C(=O)c2ccc(Br)cc2)CC1. The molecule has 0 unspecified atom stereocenters. The fraction of sp³-hybridized carbons (Fsp3) is 0.529. The summed E-state index contributed by atoms with van der Waals surface area (Å²) in [7, 11) is 0. The van der Waals surface area contributed by atoms with E-state index < -0.39 is 0 Å². The highest BCUT2D eigenvalue weighted by molar-refractivity contribution is 9.10. The molecule has 0 spiro atoms. The first-order valence-corrected chi connectivity index (χ1v) is 8.42. The van der Waals surface area contributed by atoms with Gasteiger partial charge in [0.05, 0.1) is 0 Å². The highest BCUT2D eigenvalue weighted by atomic mass is 79.9. The van der Waals surface area contributed by atoms with Crippen molar-refractivity contribution < 1.29 is 9.59 Å². The Labute approximate surface area is 140 Å². The van der Waals surface area contributed by atoms with E-state index in [9.17, 15) is 9.59 Å². The Balaban J connectivity index is 1.88. The first-order valence-electron chi connectivity index (χ1n) is 7.63. The molecule has 1 aliphatic heterocycles. The summed E-state index contributed by atoms with van der Waals surface area (Å²) in [6.45, 7) is 7.10. The fourth-order valence-electron chi connectivity index (χ4n) is 2.40. The normalized spacial score (nSPS) is 16.5. The lowest BCUT2D eigenvalue weighted by Crippen LogP contribution is -2.49. The van der Waals surface area contributed by atoms with Crippen molar-refractivity contribution in [2.75, 3.05) is 13.1 Å². The Bertz CT molecular complexity index is 541. The van der Waals surface area contributed by atoms with Crippen LogP contribution < -0.4 is 5.32 Å². The smallest absolute Gasteiger partial charge is 0.253 e. The number of carbonyl (C=O) groups excluding carboxylic acids is 2. The Morgan fingerprint density at radius 3 is 2.18 bits per heavy atom. The van der Waals surface area contributed by atoms with E-state index in [4.69, 9.17) is 0 Å². The van der Waals surface area contributed by atoms with Crippen molar-refractivity contribution in [1.82, 2.24) is 10.2 Å². The predicted octanol–water partition coefficient (Wildman–Crippen LogP) is 3.22. The van der Waals surface area contributed by atoms with Crippen molar-refractivity contribution in [1.29, 1.82) is 0 Å². The molecule has 0 saturated carbocycles. The molecule has 4 nitrogen and oxygen atoms in total. The number of nitrogens with zero attached hydrogens (tertiary/aromatic N) is 1. The summed E-state index contributed by atoms with van der Waals surface area (Å²) in [5.41, 5.74) is 0.338. The summed E-state index contributed by atoms with van der Waals surface area (Å²) >= 11 is 3.37. The Hall–Kier alpha value is -1.36. The standard InChI is InChI=1S/C17H23BrN2O2/c1-17(2,3)16(22)19-14-8-10-20(11-9-14)15(21)12-4-6-13(18)7-5-12/h4-7,14H,8-11H2,1-3H3,(H,19,22). The Morgan fingerprint density at radius 1 is 1.14 bits per heavy atom. The number of nitrogens with one attached hydrogen (secondary N) is 1. The number of hydrogen-bond acceptors (Lipinski definition) is 2. The second kappa shape index (κ2) is 6.82. The van der Waals surface area contributed by atoms with Gasteiger partial charge in [-0.25, -0.2) is 0 Å². The van der Waals surface area contributed by atoms with Crippen LogP contribution in [0.1, 0.15) is 44.0 Å². The topological polar surface area (TPSA) is 49.4 Å². The second-order valence-electron chi connectivity index (χ2n) is 6.80. The number of piperidine rings is 1. The van der Waals surface area contributed by atoms with Gasteiger partial charge in [-0.3, -0.25) is 9.59 Å². The lowest BCUT2D eigenvalue weighted by molar-refractivity contribution is -0.129. The third kappa shape index (κ3) is 4.32. The van der Waals surface area contributed by atoms with Gasteiger partial charge in [-0.2, -0.15) is 0 Å². The number of rotatable bonds is 2. The maximum Gasteiger partial charge on any atom is 0.253 e. The van der Waals surface area contributed by atoms with Crippen LogP contribution in [-0.2, 0) is 4.79 Å². The van der Waals surface area contributed by atoms with Crippen molar-refractivity contribution >= 4 is 27.7 Å².